The first-order valence-electron chi connectivity index (χ1n) is 6.11. The van der Waals surface area contributed by atoms with Crippen molar-refractivity contribution < 1.29 is 13.6 Å². The van der Waals surface area contributed by atoms with Crippen LogP contribution in [0.2, 0.25) is 0 Å². The van der Waals surface area contributed by atoms with Gasteiger partial charge in [-0.2, -0.15) is 0 Å². The Labute approximate surface area is 105 Å². The predicted octanol–water partition coefficient (Wildman–Crippen LogP) is 2.29. The van der Waals surface area contributed by atoms with Gasteiger partial charge in [-0.1, -0.05) is 0 Å². The Hall–Kier alpha value is -1.49. The van der Waals surface area contributed by atoms with Gasteiger partial charge in [-0.15, -0.1) is 0 Å². The molecule has 1 heterocycles. The highest BCUT2D eigenvalue weighted by molar-refractivity contribution is 5.90. The zero-order chi connectivity index (χ0) is 13.0. The van der Waals surface area contributed by atoms with Crippen LogP contribution in [0.3, 0.4) is 0 Å². The minimum Gasteiger partial charge on any atom is -0.324 e. The molecule has 1 aromatic carbocycles. The van der Waals surface area contributed by atoms with Crippen molar-refractivity contribution in [1.82, 2.24) is 5.32 Å². The second-order valence-electron chi connectivity index (χ2n) is 4.57. The second-order valence-corrected chi connectivity index (χ2v) is 4.57. The molecule has 0 unspecified atom stereocenters. The molecule has 2 N–H and O–H groups in total. The first-order chi connectivity index (χ1) is 8.65. The zero-order valence-electron chi connectivity index (χ0n) is 10.0. The minimum atomic E-state index is -0.742. The summed E-state index contributed by atoms with van der Waals surface area (Å²) in [7, 11) is 0. The summed E-state index contributed by atoms with van der Waals surface area (Å²) in [4.78, 5) is 11.7. The summed E-state index contributed by atoms with van der Waals surface area (Å²) in [5.74, 6) is -1.26. The Bertz CT molecular complexity index is 431. The third kappa shape index (κ3) is 3.50. The van der Waals surface area contributed by atoms with Crippen LogP contribution >= 0.6 is 0 Å². The molecule has 1 aliphatic rings. The van der Waals surface area contributed by atoms with Gasteiger partial charge in [0.1, 0.15) is 11.6 Å². The van der Waals surface area contributed by atoms with Gasteiger partial charge in [0.15, 0.2) is 0 Å². The number of piperidine rings is 1. The van der Waals surface area contributed by atoms with Crippen LogP contribution in [0.4, 0.5) is 14.5 Å². The maximum absolute atomic E-state index is 13.3. The number of amides is 1. The maximum atomic E-state index is 13.3. The van der Waals surface area contributed by atoms with Crippen LogP contribution in [0.25, 0.3) is 0 Å². The van der Waals surface area contributed by atoms with Gasteiger partial charge < -0.3 is 10.6 Å². The highest BCUT2D eigenvalue weighted by Crippen LogP contribution is 2.19. The van der Waals surface area contributed by atoms with E-state index < -0.39 is 11.6 Å². The molecule has 0 spiro atoms. The van der Waals surface area contributed by atoms with Gasteiger partial charge in [0, 0.05) is 12.5 Å². The van der Waals surface area contributed by atoms with Crippen molar-refractivity contribution in [3.05, 3.63) is 29.8 Å². The summed E-state index contributed by atoms with van der Waals surface area (Å²) in [6.07, 6.45) is 2.30. The fourth-order valence-corrected chi connectivity index (χ4v) is 2.14. The first-order valence-corrected chi connectivity index (χ1v) is 6.11. The molecular formula is C13H16F2N2O. The molecule has 0 bridgehead atoms. The van der Waals surface area contributed by atoms with E-state index in [1.807, 2.05) is 0 Å². The predicted molar refractivity (Wildman–Crippen MR) is 65.2 cm³/mol. The van der Waals surface area contributed by atoms with Crippen molar-refractivity contribution in [3.8, 4) is 0 Å². The van der Waals surface area contributed by atoms with Crippen LogP contribution in [-0.4, -0.2) is 19.0 Å². The third-order valence-electron chi connectivity index (χ3n) is 3.14. The Morgan fingerprint density at radius 2 is 2.06 bits per heavy atom. The van der Waals surface area contributed by atoms with Gasteiger partial charge in [0.05, 0.1) is 5.69 Å². The molecule has 0 saturated carbocycles. The highest BCUT2D eigenvalue weighted by atomic mass is 19.1. The number of nitrogens with one attached hydrogen (secondary N) is 2. The van der Waals surface area contributed by atoms with Gasteiger partial charge in [0.25, 0.3) is 0 Å². The topological polar surface area (TPSA) is 41.1 Å². The van der Waals surface area contributed by atoms with E-state index in [-0.39, 0.29) is 11.6 Å². The lowest BCUT2D eigenvalue weighted by atomic mass is 9.94. The molecule has 0 aliphatic carbocycles. The van der Waals surface area contributed by atoms with Crippen molar-refractivity contribution in [3.63, 3.8) is 0 Å². The molecule has 1 aliphatic heterocycles. The summed E-state index contributed by atoms with van der Waals surface area (Å²) >= 11 is 0. The fraction of sp³-hybridized carbons (Fsp3) is 0.462. The number of rotatable bonds is 3. The van der Waals surface area contributed by atoms with E-state index in [0.717, 1.165) is 38.1 Å². The van der Waals surface area contributed by atoms with E-state index in [1.165, 1.54) is 6.07 Å². The summed E-state index contributed by atoms with van der Waals surface area (Å²) in [5, 5.41) is 5.70. The standard InChI is InChI=1S/C13H16F2N2O/c14-10-1-2-12(11(15)8-10)17-13(18)7-9-3-5-16-6-4-9/h1-2,8-9,16H,3-7H2,(H,17,18). The lowest BCUT2D eigenvalue weighted by molar-refractivity contribution is -0.117. The Kier molecular flexibility index (Phi) is 4.25. The van der Waals surface area contributed by atoms with Gasteiger partial charge in [-0.25, -0.2) is 8.78 Å². The van der Waals surface area contributed by atoms with Crippen molar-refractivity contribution in [1.29, 1.82) is 0 Å². The van der Waals surface area contributed by atoms with Crippen LogP contribution in [0.1, 0.15) is 19.3 Å². The zero-order valence-corrected chi connectivity index (χ0v) is 10.0. The molecule has 2 rings (SSSR count). The first kappa shape index (κ1) is 13.0. The number of hydrogen-bond donors (Lipinski definition) is 2. The Morgan fingerprint density at radius 3 is 2.72 bits per heavy atom. The van der Waals surface area contributed by atoms with E-state index in [9.17, 15) is 13.6 Å². The molecule has 1 saturated heterocycles. The molecule has 98 valence electrons. The van der Waals surface area contributed by atoms with Gasteiger partial charge >= 0.3 is 0 Å². The molecule has 1 amide bonds. The van der Waals surface area contributed by atoms with Crippen LogP contribution in [0, 0.1) is 17.6 Å². The molecule has 5 heteroatoms. The van der Waals surface area contributed by atoms with Crippen LogP contribution < -0.4 is 10.6 Å². The molecule has 0 aromatic heterocycles. The van der Waals surface area contributed by atoms with Crippen molar-refractivity contribution in [2.75, 3.05) is 18.4 Å². The monoisotopic (exact) mass is 254 g/mol. The molecular weight excluding hydrogens is 238 g/mol. The average molecular weight is 254 g/mol. The fourth-order valence-electron chi connectivity index (χ4n) is 2.14. The van der Waals surface area contributed by atoms with Crippen LogP contribution in [-0.2, 0) is 4.79 Å². The Morgan fingerprint density at radius 1 is 1.33 bits per heavy atom. The normalized spacial score (nSPS) is 16.6. The van der Waals surface area contributed by atoms with Gasteiger partial charge in [-0.3, -0.25) is 4.79 Å². The smallest absolute Gasteiger partial charge is 0.224 e. The van der Waals surface area contributed by atoms with Crippen LogP contribution in [0.5, 0.6) is 0 Å². The number of anilines is 1. The lowest BCUT2D eigenvalue weighted by Gasteiger charge is -2.21. The molecule has 0 radical (unpaired) electrons. The SMILES string of the molecule is O=C(CC1CCNCC1)Nc1ccc(F)cc1F. The molecule has 18 heavy (non-hydrogen) atoms. The second kappa shape index (κ2) is 5.91. The highest BCUT2D eigenvalue weighted by Gasteiger charge is 2.17. The van der Waals surface area contributed by atoms with E-state index in [1.54, 1.807) is 0 Å². The van der Waals surface area contributed by atoms with Gasteiger partial charge in [-0.05, 0) is 44.0 Å². The minimum absolute atomic E-state index is 0.0373. The van der Waals surface area contributed by atoms with E-state index in [2.05, 4.69) is 10.6 Å². The summed E-state index contributed by atoms with van der Waals surface area (Å²) < 4.78 is 26.0. The van der Waals surface area contributed by atoms with Crippen molar-refractivity contribution in [2.24, 2.45) is 5.92 Å². The van der Waals surface area contributed by atoms with E-state index >= 15 is 0 Å². The lowest BCUT2D eigenvalue weighted by Crippen LogP contribution is -2.30. The molecule has 0 atom stereocenters. The summed E-state index contributed by atoms with van der Waals surface area (Å²) in [6.45, 7) is 1.84. The third-order valence-corrected chi connectivity index (χ3v) is 3.14. The van der Waals surface area contributed by atoms with E-state index in [0.29, 0.717) is 12.3 Å². The Balaban J connectivity index is 1.90. The number of halogens is 2. The van der Waals surface area contributed by atoms with Crippen molar-refractivity contribution in [2.45, 2.75) is 19.3 Å². The average Bonchev–Trinajstić information content (AvgIpc) is 2.34. The number of carbonyl (C=O) groups excluding carboxylic acids is 1. The molecule has 3 nitrogen and oxygen atoms in total. The summed E-state index contributed by atoms with van der Waals surface area (Å²) in [6, 6.07) is 3.13. The van der Waals surface area contributed by atoms with Gasteiger partial charge in [0.2, 0.25) is 5.91 Å². The van der Waals surface area contributed by atoms with Crippen molar-refractivity contribution >= 4 is 11.6 Å². The van der Waals surface area contributed by atoms with E-state index in [4.69, 9.17) is 0 Å². The summed E-state index contributed by atoms with van der Waals surface area (Å²) in [5.41, 5.74) is 0.0373. The molecule has 1 fully saturated rings. The van der Waals surface area contributed by atoms with Crippen LogP contribution in [0.15, 0.2) is 18.2 Å². The number of carbonyl (C=O) groups is 1. The maximum Gasteiger partial charge on any atom is 0.224 e. The quantitative estimate of drug-likeness (QED) is 0.869. The number of hydrogen-bond acceptors (Lipinski definition) is 2. The number of benzene rings is 1. The molecule has 1 aromatic rings. The largest absolute Gasteiger partial charge is 0.324 e.